The summed E-state index contributed by atoms with van der Waals surface area (Å²) < 4.78 is 2.06. The van der Waals surface area contributed by atoms with E-state index in [0.717, 1.165) is 28.1 Å². The lowest BCUT2D eigenvalue weighted by Gasteiger charge is -2.14. The Labute approximate surface area is 186 Å². The van der Waals surface area contributed by atoms with E-state index in [1.54, 1.807) is 12.4 Å². The van der Waals surface area contributed by atoms with Crippen molar-refractivity contribution >= 4 is 17.5 Å². The third kappa shape index (κ3) is 4.75. The summed E-state index contributed by atoms with van der Waals surface area (Å²) >= 11 is 1.44. The molecular formula is C25H24N4OS. The molecule has 0 aliphatic heterocycles. The van der Waals surface area contributed by atoms with Crippen molar-refractivity contribution in [3.8, 4) is 11.4 Å². The minimum absolute atomic E-state index is 0.0882. The van der Waals surface area contributed by atoms with Gasteiger partial charge in [-0.15, -0.1) is 10.2 Å². The zero-order valence-electron chi connectivity index (χ0n) is 17.8. The molecule has 0 aliphatic carbocycles. The van der Waals surface area contributed by atoms with Gasteiger partial charge in [0.1, 0.15) is 0 Å². The number of carbonyl (C=O) groups is 1. The van der Waals surface area contributed by atoms with Crippen molar-refractivity contribution in [3.63, 3.8) is 0 Å². The molecule has 1 atom stereocenters. The number of Topliss-reactive ketones (excluding diaryl/α,β-unsaturated/α-hetero) is 1. The minimum Gasteiger partial charge on any atom is -0.297 e. The van der Waals surface area contributed by atoms with Gasteiger partial charge in [0, 0.05) is 23.5 Å². The number of carbonyl (C=O) groups excluding carboxylic acids is 1. The monoisotopic (exact) mass is 428 g/mol. The normalized spacial score (nSPS) is 12.0. The van der Waals surface area contributed by atoms with E-state index in [9.17, 15) is 4.79 Å². The zero-order chi connectivity index (χ0) is 21.8. The Kier molecular flexibility index (Phi) is 6.28. The molecule has 0 bridgehead atoms. The first-order valence-corrected chi connectivity index (χ1v) is 11.1. The summed E-state index contributed by atoms with van der Waals surface area (Å²) in [6, 6.07) is 19.9. The molecule has 2 aromatic heterocycles. The van der Waals surface area contributed by atoms with Crippen LogP contribution in [0, 0.1) is 13.8 Å². The highest BCUT2D eigenvalue weighted by Gasteiger charge is 2.22. The molecule has 0 N–H and O–H groups in total. The number of hydrogen-bond acceptors (Lipinski definition) is 5. The molecule has 0 radical (unpaired) electrons. The third-order valence-electron chi connectivity index (χ3n) is 5.26. The minimum atomic E-state index is -0.289. The molecule has 6 heteroatoms. The maximum Gasteiger partial charge on any atom is 0.192 e. The van der Waals surface area contributed by atoms with Crippen LogP contribution in [-0.4, -0.2) is 30.8 Å². The van der Waals surface area contributed by atoms with Crippen molar-refractivity contribution in [2.24, 2.45) is 0 Å². The molecule has 4 aromatic rings. The molecule has 2 heterocycles. The van der Waals surface area contributed by atoms with Crippen LogP contribution in [0.3, 0.4) is 0 Å². The number of hydrogen-bond donors (Lipinski definition) is 0. The fraction of sp³-hybridized carbons (Fsp3) is 0.200. The van der Waals surface area contributed by atoms with Gasteiger partial charge in [0.25, 0.3) is 0 Å². The van der Waals surface area contributed by atoms with Crippen LogP contribution >= 0.6 is 11.8 Å². The SMILES string of the molecule is Cc1ccc(C(=O)C(C)Sc2nnc(-c3cccnc3)n2Cc2ccccc2)cc1C. The van der Waals surface area contributed by atoms with Gasteiger partial charge in [-0.05, 0) is 55.7 Å². The Morgan fingerprint density at radius 2 is 1.81 bits per heavy atom. The molecule has 0 aliphatic rings. The van der Waals surface area contributed by atoms with E-state index < -0.39 is 0 Å². The van der Waals surface area contributed by atoms with Crippen molar-refractivity contribution in [2.45, 2.75) is 37.7 Å². The van der Waals surface area contributed by atoms with Crippen molar-refractivity contribution < 1.29 is 4.79 Å². The largest absolute Gasteiger partial charge is 0.297 e. The molecule has 4 rings (SSSR count). The van der Waals surface area contributed by atoms with Gasteiger partial charge in [-0.25, -0.2) is 0 Å². The second kappa shape index (κ2) is 9.27. The van der Waals surface area contributed by atoms with Crippen LogP contribution in [0.5, 0.6) is 0 Å². The van der Waals surface area contributed by atoms with Gasteiger partial charge in [-0.1, -0.05) is 54.2 Å². The Bertz CT molecular complexity index is 1190. The first-order chi connectivity index (χ1) is 15.0. The first kappa shape index (κ1) is 21.0. The van der Waals surface area contributed by atoms with E-state index in [4.69, 9.17) is 0 Å². The van der Waals surface area contributed by atoms with Crippen molar-refractivity contribution in [1.29, 1.82) is 0 Å². The van der Waals surface area contributed by atoms with Gasteiger partial charge < -0.3 is 0 Å². The molecule has 0 saturated carbocycles. The summed E-state index contributed by atoms with van der Waals surface area (Å²) in [7, 11) is 0. The Balaban J connectivity index is 1.65. The number of benzene rings is 2. The van der Waals surface area contributed by atoms with Gasteiger partial charge >= 0.3 is 0 Å². The molecule has 156 valence electrons. The Hall–Kier alpha value is -3.25. The van der Waals surface area contributed by atoms with E-state index >= 15 is 0 Å². The molecule has 0 saturated heterocycles. The smallest absolute Gasteiger partial charge is 0.192 e. The predicted molar refractivity (Wildman–Crippen MR) is 124 cm³/mol. The topological polar surface area (TPSA) is 60.7 Å². The molecule has 5 nitrogen and oxygen atoms in total. The third-order valence-corrected chi connectivity index (χ3v) is 6.34. The van der Waals surface area contributed by atoms with Gasteiger partial charge in [-0.3, -0.25) is 14.3 Å². The molecule has 0 amide bonds. The number of ketones is 1. The number of pyridine rings is 1. The number of aryl methyl sites for hydroxylation is 2. The maximum atomic E-state index is 13.1. The second-order valence-corrected chi connectivity index (χ2v) is 8.85. The lowest BCUT2D eigenvalue weighted by atomic mass is 10.0. The van der Waals surface area contributed by atoms with Crippen LogP contribution in [0.2, 0.25) is 0 Å². The molecule has 31 heavy (non-hydrogen) atoms. The highest BCUT2D eigenvalue weighted by Crippen LogP contribution is 2.29. The zero-order valence-corrected chi connectivity index (χ0v) is 18.6. The van der Waals surface area contributed by atoms with Crippen molar-refractivity contribution in [1.82, 2.24) is 19.7 Å². The van der Waals surface area contributed by atoms with Crippen LogP contribution in [0.4, 0.5) is 0 Å². The predicted octanol–water partition coefficient (Wildman–Crippen LogP) is 5.37. The highest BCUT2D eigenvalue weighted by molar-refractivity contribution is 8.00. The maximum absolute atomic E-state index is 13.1. The van der Waals surface area contributed by atoms with Crippen molar-refractivity contribution in [3.05, 3.63) is 95.3 Å². The highest BCUT2D eigenvalue weighted by atomic mass is 32.2. The summed E-state index contributed by atoms with van der Waals surface area (Å²) in [6.07, 6.45) is 3.52. The molecule has 1 unspecified atom stereocenters. The average molecular weight is 429 g/mol. The quantitative estimate of drug-likeness (QED) is 0.293. The summed E-state index contributed by atoms with van der Waals surface area (Å²) in [6.45, 7) is 6.62. The van der Waals surface area contributed by atoms with E-state index in [0.29, 0.717) is 11.7 Å². The van der Waals surface area contributed by atoms with E-state index in [-0.39, 0.29) is 11.0 Å². The Morgan fingerprint density at radius 1 is 1.00 bits per heavy atom. The molecule has 0 fully saturated rings. The summed E-state index contributed by atoms with van der Waals surface area (Å²) in [5.74, 6) is 0.829. The Morgan fingerprint density at radius 3 is 2.52 bits per heavy atom. The first-order valence-electron chi connectivity index (χ1n) is 10.2. The van der Waals surface area contributed by atoms with Gasteiger partial charge in [-0.2, -0.15) is 0 Å². The molecule has 2 aromatic carbocycles. The lowest BCUT2D eigenvalue weighted by molar-refractivity contribution is 0.0993. The fourth-order valence-electron chi connectivity index (χ4n) is 3.33. The summed E-state index contributed by atoms with van der Waals surface area (Å²) in [5.41, 5.74) is 5.06. The second-order valence-electron chi connectivity index (χ2n) is 7.54. The fourth-order valence-corrected chi connectivity index (χ4v) is 4.26. The number of thioether (sulfide) groups is 1. The lowest BCUT2D eigenvalue weighted by Crippen LogP contribution is -2.15. The van der Waals surface area contributed by atoms with E-state index in [1.165, 1.54) is 17.3 Å². The number of nitrogens with zero attached hydrogens (tertiary/aromatic N) is 4. The molecule has 0 spiro atoms. The number of rotatable bonds is 7. The van der Waals surface area contributed by atoms with Gasteiger partial charge in [0.2, 0.25) is 0 Å². The van der Waals surface area contributed by atoms with E-state index in [2.05, 4.69) is 31.9 Å². The average Bonchev–Trinajstić information content (AvgIpc) is 3.18. The summed E-state index contributed by atoms with van der Waals surface area (Å²) in [5, 5.41) is 9.29. The van der Waals surface area contributed by atoms with Crippen LogP contribution < -0.4 is 0 Å². The van der Waals surface area contributed by atoms with Gasteiger partial charge in [0.15, 0.2) is 16.8 Å². The standard InChI is InChI=1S/C25H24N4OS/c1-17-11-12-21(14-18(17)2)23(30)19(3)31-25-28-27-24(22-10-7-13-26-15-22)29(25)16-20-8-5-4-6-9-20/h4-15,19H,16H2,1-3H3. The van der Waals surface area contributed by atoms with E-state index in [1.807, 2.05) is 69.3 Å². The summed E-state index contributed by atoms with van der Waals surface area (Å²) in [4.78, 5) is 17.3. The molecular weight excluding hydrogens is 404 g/mol. The van der Waals surface area contributed by atoms with Crippen LogP contribution in [0.25, 0.3) is 11.4 Å². The van der Waals surface area contributed by atoms with Crippen LogP contribution in [-0.2, 0) is 6.54 Å². The van der Waals surface area contributed by atoms with Crippen LogP contribution in [0.1, 0.15) is 34.0 Å². The van der Waals surface area contributed by atoms with Crippen molar-refractivity contribution in [2.75, 3.05) is 0 Å². The number of aromatic nitrogens is 4. The van der Waals surface area contributed by atoms with Gasteiger partial charge in [0.05, 0.1) is 11.8 Å². The van der Waals surface area contributed by atoms with Crippen LogP contribution in [0.15, 0.2) is 78.2 Å².